The van der Waals surface area contributed by atoms with Crippen LogP contribution in [0.2, 0.25) is 0 Å². The lowest BCUT2D eigenvalue weighted by atomic mass is 10.0. The fourth-order valence-corrected chi connectivity index (χ4v) is 1.00. The average molecular weight is 187 g/mol. The number of cyclic esters (lactones) is 2. The van der Waals surface area contributed by atoms with E-state index in [1.54, 1.807) is 0 Å². The van der Waals surface area contributed by atoms with Gasteiger partial charge >= 0.3 is 18.0 Å². The molecule has 0 aromatic carbocycles. The first-order chi connectivity index (χ1) is 6.00. The molecule has 2 atom stereocenters. The van der Waals surface area contributed by atoms with Crippen LogP contribution in [0.1, 0.15) is 13.3 Å². The topological polar surface area (TPSA) is 92.7 Å². The van der Waals surface area contributed by atoms with Gasteiger partial charge in [0.1, 0.15) is 6.04 Å². The van der Waals surface area contributed by atoms with Gasteiger partial charge in [0, 0.05) is 0 Å². The Morgan fingerprint density at radius 2 is 2.31 bits per heavy atom. The molecule has 0 aromatic rings. The summed E-state index contributed by atoms with van der Waals surface area (Å²) in [6.07, 6.45) is -0.757. The summed E-state index contributed by atoms with van der Waals surface area (Å²) in [5.41, 5.74) is 0. The van der Waals surface area contributed by atoms with Gasteiger partial charge in [0.25, 0.3) is 0 Å². The van der Waals surface area contributed by atoms with Crippen molar-refractivity contribution < 1.29 is 24.2 Å². The zero-order valence-electron chi connectivity index (χ0n) is 6.94. The number of carbonyl (C=O) groups excluding carboxylic acids is 2. The molecule has 1 fully saturated rings. The Balaban J connectivity index is 2.50. The molecular formula is C7H9NO5. The Bertz CT molecular complexity index is 262. The van der Waals surface area contributed by atoms with Gasteiger partial charge in [-0.1, -0.05) is 6.92 Å². The van der Waals surface area contributed by atoms with Crippen molar-refractivity contribution in [3.63, 3.8) is 0 Å². The van der Waals surface area contributed by atoms with Crippen LogP contribution in [0.4, 0.5) is 4.79 Å². The fourth-order valence-electron chi connectivity index (χ4n) is 1.00. The monoisotopic (exact) mass is 187 g/mol. The summed E-state index contributed by atoms with van der Waals surface area (Å²) in [6, 6.07) is -0.821. The Labute approximate surface area is 73.9 Å². The van der Waals surface area contributed by atoms with Gasteiger partial charge in [0.15, 0.2) is 0 Å². The second kappa shape index (κ2) is 3.42. The van der Waals surface area contributed by atoms with E-state index in [1.165, 1.54) is 6.92 Å². The van der Waals surface area contributed by atoms with Crippen molar-refractivity contribution in [3.8, 4) is 0 Å². The molecule has 0 aromatic heterocycles. The highest BCUT2D eigenvalue weighted by molar-refractivity contribution is 5.95. The molecule has 0 bridgehead atoms. The number of carboxylic acid groups (broad SMARTS) is 1. The molecule has 2 N–H and O–H groups in total. The highest BCUT2D eigenvalue weighted by Gasteiger charge is 2.34. The minimum absolute atomic E-state index is 0.0555. The molecule has 1 unspecified atom stereocenters. The van der Waals surface area contributed by atoms with Gasteiger partial charge in [-0.2, -0.15) is 0 Å². The van der Waals surface area contributed by atoms with Gasteiger partial charge in [-0.3, -0.25) is 4.79 Å². The molecule has 0 aliphatic carbocycles. The van der Waals surface area contributed by atoms with E-state index in [0.29, 0.717) is 0 Å². The number of carboxylic acids is 1. The minimum Gasteiger partial charge on any atom is -0.481 e. The minimum atomic E-state index is -1.01. The van der Waals surface area contributed by atoms with Crippen LogP contribution in [-0.2, 0) is 14.3 Å². The second-order valence-electron chi connectivity index (χ2n) is 2.88. The van der Waals surface area contributed by atoms with E-state index < -0.39 is 30.0 Å². The van der Waals surface area contributed by atoms with Crippen LogP contribution < -0.4 is 5.32 Å². The first-order valence-electron chi connectivity index (χ1n) is 3.75. The third-order valence-corrected chi connectivity index (χ3v) is 1.78. The van der Waals surface area contributed by atoms with Crippen LogP contribution >= 0.6 is 0 Å². The molecule has 13 heavy (non-hydrogen) atoms. The quantitative estimate of drug-likeness (QED) is 0.468. The Morgan fingerprint density at radius 1 is 1.69 bits per heavy atom. The van der Waals surface area contributed by atoms with Crippen LogP contribution in [0.15, 0.2) is 0 Å². The molecule has 1 heterocycles. The summed E-state index contributed by atoms with van der Waals surface area (Å²) in [5, 5.41) is 10.7. The molecule has 6 nitrogen and oxygen atoms in total. The smallest absolute Gasteiger partial charge is 0.415 e. The number of carbonyl (C=O) groups is 3. The van der Waals surface area contributed by atoms with Gasteiger partial charge < -0.3 is 15.2 Å². The van der Waals surface area contributed by atoms with Crippen molar-refractivity contribution in [2.24, 2.45) is 5.92 Å². The van der Waals surface area contributed by atoms with Crippen molar-refractivity contribution in [1.82, 2.24) is 5.32 Å². The summed E-state index contributed by atoms with van der Waals surface area (Å²) < 4.78 is 4.17. The third kappa shape index (κ3) is 2.17. The Morgan fingerprint density at radius 3 is 2.69 bits per heavy atom. The largest absolute Gasteiger partial charge is 0.481 e. The van der Waals surface area contributed by atoms with Gasteiger partial charge in [0.05, 0.1) is 5.92 Å². The number of hydrogen-bond donors (Lipinski definition) is 2. The first kappa shape index (κ1) is 9.50. The number of ether oxygens (including phenoxy) is 1. The van der Waals surface area contributed by atoms with E-state index in [2.05, 4.69) is 10.1 Å². The van der Waals surface area contributed by atoms with E-state index >= 15 is 0 Å². The molecular weight excluding hydrogens is 178 g/mol. The lowest BCUT2D eigenvalue weighted by molar-refractivity contribution is -0.142. The molecule has 6 heteroatoms. The number of aliphatic carboxylic acids is 1. The van der Waals surface area contributed by atoms with Crippen LogP contribution in [0.25, 0.3) is 0 Å². The maximum atomic E-state index is 10.8. The maximum Gasteiger partial charge on any atom is 0.415 e. The van der Waals surface area contributed by atoms with Crippen molar-refractivity contribution >= 4 is 18.0 Å². The highest BCUT2D eigenvalue weighted by Crippen LogP contribution is 2.11. The lowest BCUT2D eigenvalue weighted by Crippen LogP contribution is -2.32. The molecule has 72 valence electrons. The lowest BCUT2D eigenvalue weighted by Gasteiger charge is -2.08. The summed E-state index contributed by atoms with van der Waals surface area (Å²) in [4.78, 5) is 31.8. The SMILES string of the molecule is CC(C[C@@H]1NC(=O)OC1=O)C(=O)O. The second-order valence-corrected chi connectivity index (χ2v) is 2.88. The van der Waals surface area contributed by atoms with Crippen LogP contribution in [0, 0.1) is 5.92 Å². The Hall–Kier alpha value is -1.59. The third-order valence-electron chi connectivity index (χ3n) is 1.78. The van der Waals surface area contributed by atoms with Crippen molar-refractivity contribution in [1.29, 1.82) is 0 Å². The zero-order valence-corrected chi connectivity index (χ0v) is 6.94. The van der Waals surface area contributed by atoms with Gasteiger partial charge in [-0.05, 0) is 6.42 Å². The first-order valence-corrected chi connectivity index (χ1v) is 3.75. The average Bonchev–Trinajstić information content (AvgIpc) is 2.30. The van der Waals surface area contributed by atoms with Crippen molar-refractivity contribution in [2.75, 3.05) is 0 Å². The van der Waals surface area contributed by atoms with Gasteiger partial charge in [0.2, 0.25) is 0 Å². The molecule has 1 rings (SSSR count). The van der Waals surface area contributed by atoms with Crippen LogP contribution in [0.5, 0.6) is 0 Å². The van der Waals surface area contributed by atoms with Gasteiger partial charge in [-0.25, -0.2) is 9.59 Å². The summed E-state index contributed by atoms with van der Waals surface area (Å²) >= 11 is 0. The number of nitrogens with one attached hydrogen (secondary N) is 1. The summed E-state index contributed by atoms with van der Waals surface area (Å²) in [6.45, 7) is 1.46. The van der Waals surface area contributed by atoms with E-state index in [-0.39, 0.29) is 6.42 Å². The molecule has 1 aliphatic rings. The molecule has 0 radical (unpaired) electrons. The van der Waals surface area contributed by atoms with E-state index in [0.717, 1.165) is 0 Å². The number of esters is 1. The molecule has 1 aliphatic heterocycles. The normalized spacial score (nSPS) is 23.6. The molecule has 1 saturated heterocycles. The van der Waals surface area contributed by atoms with Crippen LogP contribution in [0.3, 0.4) is 0 Å². The molecule has 0 spiro atoms. The fraction of sp³-hybridized carbons (Fsp3) is 0.571. The van der Waals surface area contributed by atoms with E-state index in [4.69, 9.17) is 5.11 Å². The number of rotatable bonds is 3. The zero-order chi connectivity index (χ0) is 10.0. The standard InChI is InChI=1S/C7H9NO5/c1-3(5(9)10)2-4-6(11)13-7(12)8-4/h3-4H,2H2,1H3,(H,8,12)(H,9,10)/t3?,4-/m0/s1. The van der Waals surface area contributed by atoms with E-state index in [9.17, 15) is 14.4 Å². The van der Waals surface area contributed by atoms with Crippen molar-refractivity contribution in [3.05, 3.63) is 0 Å². The van der Waals surface area contributed by atoms with E-state index in [1.807, 2.05) is 0 Å². The predicted octanol–water partition coefficient (Wildman–Crippen LogP) is -0.268. The molecule has 1 amide bonds. The summed E-state index contributed by atoms with van der Waals surface area (Å²) in [5.74, 6) is -2.40. The number of amides is 1. The molecule has 0 saturated carbocycles. The summed E-state index contributed by atoms with van der Waals surface area (Å²) in [7, 11) is 0. The number of hydrogen-bond acceptors (Lipinski definition) is 4. The number of alkyl carbamates (subject to hydrolysis) is 1. The predicted molar refractivity (Wildman–Crippen MR) is 39.8 cm³/mol. The van der Waals surface area contributed by atoms with Crippen LogP contribution in [-0.4, -0.2) is 29.2 Å². The van der Waals surface area contributed by atoms with Gasteiger partial charge in [-0.15, -0.1) is 0 Å². The highest BCUT2D eigenvalue weighted by atomic mass is 16.6. The Kier molecular flexibility index (Phi) is 2.50. The maximum absolute atomic E-state index is 10.8. The van der Waals surface area contributed by atoms with Crippen molar-refractivity contribution in [2.45, 2.75) is 19.4 Å².